The van der Waals surface area contributed by atoms with Gasteiger partial charge in [0.1, 0.15) is 35.2 Å². The van der Waals surface area contributed by atoms with Crippen LogP contribution in [0, 0.1) is 20.8 Å². The van der Waals surface area contributed by atoms with Crippen molar-refractivity contribution in [1.82, 2.24) is 9.55 Å². The fraction of sp³-hybridized carbons (Fsp3) is 0.231. The van der Waals surface area contributed by atoms with E-state index < -0.39 is 5.97 Å². The molecule has 9 heteroatoms. The summed E-state index contributed by atoms with van der Waals surface area (Å²) in [5.41, 5.74) is 2.75. The van der Waals surface area contributed by atoms with Crippen molar-refractivity contribution in [3.05, 3.63) is 86.8 Å². The Kier molecular flexibility index (Phi) is 7.26. The summed E-state index contributed by atoms with van der Waals surface area (Å²) >= 11 is 1.09. The van der Waals surface area contributed by atoms with Crippen LogP contribution in [-0.2, 0) is 16.1 Å². The average Bonchev–Trinajstić information content (AvgIpc) is 3.18. The molecule has 0 unspecified atom stereocenters. The summed E-state index contributed by atoms with van der Waals surface area (Å²) in [6.07, 6.45) is 1.33. The van der Waals surface area contributed by atoms with Crippen LogP contribution in [0.5, 0.6) is 5.75 Å². The van der Waals surface area contributed by atoms with E-state index in [4.69, 9.17) is 9.47 Å². The summed E-state index contributed by atoms with van der Waals surface area (Å²) in [5.74, 6) is -0.193. The topological polar surface area (TPSA) is 99.5 Å². The third-order valence-electron chi connectivity index (χ3n) is 5.41. The van der Waals surface area contributed by atoms with Gasteiger partial charge in [0.15, 0.2) is 0 Å². The number of fused-ring (bicyclic) bond motifs is 1. The van der Waals surface area contributed by atoms with Crippen LogP contribution in [0.15, 0.2) is 59.7 Å². The fourth-order valence-corrected chi connectivity index (χ4v) is 4.59. The van der Waals surface area contributed by atoms with E-state index in [9.17, 15) is 14.4 Å². The molecule has 1 amide bonds. The van der Waals surface area contributed by atoms with E-state index >= 15 is 0 Å². The van der Waals surface area contributed by atoms with Crippen molar-refractivity contribution in [3.8, 4) is 5.75 Å². The molecule has 0 saturated heterocycles. The molecule has 0 aliphatic rings. The van der Waals surface area contributed by atoms with E-state index in [-0.39, 0.29) is 31.2 Å². The van der Waals surface area contributed by atoms with Crippen LogP contribution < -0.4 is 15.6 Å². The number of nitrogens with zero attached hydrogens (tertiary/aromatic N) is 2. The summed E-state index contributed by atoms with van der Waals surface area (Å²) in [4.78, 5) is 43.3. The van der Waals surface area contributed by atoms with E-state index in [2.05, 4.69) is 10.3 Å². The lowest BCUT2D eigenvalue weighted by Crippen LogP contribution is -2.28. The number of aromatic nitrogens is 2. The van der Waals surface area contributed by atoms with Gasteiger partial charge in [0.2, 0.25) is 5.91 Å². The van der Waals surface area contributed by atoms with E-state index in [0.29, 0.717) is 32.1 Å². The van der Waals surface area contributed by atoms with Gasteiger partial charge in [0.25, 0.3) is 5.56 Å². The quantitative estimate of drug-likeness (QED) is 0.292. The van der Waals surface area contributed by atoms with Crippen LogP contribution >= 0.6 is 11.3 Å². The number of anilines is 1. The minimum Gasteiger partial charge on any atom is -0.490 e. The number of ether oxygens (including phenoxy) is 2. The minimum atomic E-state index is -0.541. The van der Waals surface area contributed by atoms with Crippen molar-refractivity contribution in [2.45, 2.75) is 27.3 Å². The fourth-order valence-electron chi connectivity index (χ4n) is 3.56. The van der Waals surface area contributed by atoms with Crippen molar-refractivity contribution in [3.63, 3.8) is 0 Å². The maximum absolute atomic E-state index is 13.1. The molecule has 0 radical (unpaired) electrons. The molecule has 0 spiro atoms. The highest BCUT2D eigenvalue weighted by Crippen LogP contribution is 2.27. The molecule has 2 aromatic carbocycles. The number of carbonyl (C=O) groups excluding carboxylic acids is 2. The highest BCUT2D eigenvalue weighted by atomic mass is 32.1. The number of para-hydroxylation sites is 1. The van der Waals surface area contributed by atoms with Crippen LogP contribution in [0.2, 0.25) is 0 Å². The highest BCUT2D eigenvalue weighted by Gasteiger charge is 2.21. The van der Waals surface area contributed by atoms with Crippen molar-refractivity contribution in [2.24, 2.45) is 0 Å². The number of amides is 1. The summed E-state index contributed by atoms with van der Waals surface area (Å²) in [7, 11) is 0. The number of hydrogen-bond donors (Lipinski definition) is 1. The Bertz CT molecular complexity index is 1440. The lowest BCUT2D eigenvalue weighted by Gasteiger charge is -2.10. The van der Waals surface area contributed by atoms with Gasteiger partial charge < -0.3 is 14.8 Å². The zero-order valence-electron chi connectivity index (χ0n) is 19.7. The normalized spacial score (nSPS) is 10.8. The Labute approximate surface area is 206 Å². The Morgan fingerprint density at radius 1 is 1.06 bits per heavy atom. The molecular weight excluding hydrogens is 466 g/mol. The molecule has 4 rings (SSSR count). The first-order chi connectivity index (χ1) is 16.8. The Hall–Kier alpha value is -3.98. The van der Waals surface area contributed by atoms with Gasteiger partial charge in [-0.05, 0) is 55.7 Å². The predicted octanol–water partition coefficient (Wildman–Crippen LogP) is 4.26. The Balaban J connectivity index is 1.44. The van der Waals surface area contributed by atoms with Gasteiger partial charge in [-0.1, -0.05) is 30.3 Å². The van der Waals surface area contributed by atoms with Gasteiger partial charge in [0.05, 0.1) is 11.7 Å². The molecule has 35 heavy (non-hydrogen) atoms. The van der Waals surface area contributed by atoms with E-state index in [1.807, 2.05) is 62.4 Å². The SMILES string of the molecule is Cc1ccc(C)c(NC(=O)Cn2cnc3sc(C(=O)OCCOc4ccccc4)c(C)c3c2=O)c1. The smallest absolute Gasteiger partial charge is 0.348 e. The molecule has 0 saturated carbocycles. The maximum Gasteiger partial charge on any atom is 0.348 e. The lowest BCUT2D eigenvalue weighted by atomic mass is 10.1. The van der Waals surface area contributed by atoms with Crippen molar-refractivity contribution < 1.29 is 19.1 Å². The monoisotopic (exact) mass is 491 g/mol. The summed E-state index contributed by atoms with van der Waals surface area (Å²) in [6.45, 7) is 5.60. The first-order valence-electron chi connectivity index (χ1n) is 11.0. The second kappa shape index (κ2) is 10.5. The number of esters is 1. The first kappa shape index (κ1) is 24.2. The molecule has 4 aromatic rings. The van der Waals surface area contributed by atoms with Crippen LogP contribution in [-0.4, -0.2) is 34.6 Å². The number of nitrogens with one attached hydrogen (secondary N) is 1. The van der Waals surface area contributed by atoms with Crippen LogP contribution in [0.3, 0.4) is 0 Å². The zero-order valence-corrected chi connectivity index (χ0v) is 20.5. The molecule has 0 aliphatic heterocycles. The number of carbonyl (C=O) groups is 2. The highest BCUT2D eigenvalue weighted by molar-refractivity contribution is 7.20. The van der Waals surface area contributed by atoms with Gasteiger partial charge in [-0.25, -0.2) is 9.78 Å². The number of aryl methyl sites for hydroxylation is 3. The van der Waals surface area contributed by atoms with E-state index in [1.165, 1.54) is 10.9 Å². The van der Waals surface area contributed by atoms with E-state index in [0.717, 1.165) is 22.5 Å². The van der Waals surface area contributed by atoms with Gasteiger partial charge in [-0.3, -0.25) is 14.2 Å². The zero-order chi connectivity index (χ0) is 24.9. The van der Waals surface area contributed by atoms with Crippen LogP contribution in [0.25, 0.3) is 10.2 Å². The standard InChI is InChI=1S/C26H25N3O5S/c1-16-9-10-17(2)20(13-16)28-21(30)14-29-15-27-24-22(25(29)31)18(3)23(35-24)26(32)34-12-11-33-19-7-5-4-6-8-19/h4-10,13,15H,11-12,14H2,1-3H3,(H,28,30). The number of thiophene rings is 1. The van der Waals surface area contributed by atoms with Gasteiger partial charge in [0, 0.05) is 5.69 Å². The average molecular weight is 492 g/mol. The molecule has 0 atom stereocenters. The first-order valence-corrected chi connectivity index (χ1v) is 11.9. The molecule has 0 bridgehead atoms. The molecule has 1 N–H and O–H groups in total. The number of benzene rings is 2. The lowest BCUT2D eigenvalue weighted by molar-refractivity contribution is -0.116. The van der Waals surface area contributed by atoms with Crippen LogP contribution in [0.4, 0.5) is 5.69 Å². The largest absolute Gasteiger partial charge is 0.490 e. The second-order valence-corrected chi connectivity index (χ2v) is 9.08. The molecule has 0 fully saturated rings. The Morgan fingerprint density at radius 3 is 2.60 bits per heavy atom. The number of rotatable bonds is 8. The van der Waals surface area contributed by atoms with Crippen molar-refractivity contribution >= 4 is 39.1 Å². The van der Waals surface area contributed by atoms with Crippen molar-refractivity contribution in [2.75, 3.05) is 18.5 Å². The predicted molar refractivity (Wildman–Crippen MR) is 135 cm³/mol. The molecule has 180 valence electrons. The molecular formula is C26H25N3O5S. The van der Waals surface area contributed by atoms with Gasteiger partial charge in [-0.2, -0.15) is 0 Å². The second-order valence-electron chi connectivity index (χ2n) is 8.08. The molecule has 8 nitrogen and oxygen atoms in total. The third kappa shape index (κ3) is 5.58. The summed E-state index contributed by atoms with van der Waals surface area (Å²) in [5, 5.41) is 3.15. The van der Waals surface area contributed by atoms with Gasteiger partial charge in [-0.15, -0.1) is 11.3 Å². The van der Waals surface area contributed by atoms with E-state index in [1.54, 1.807) is 6.92 Å². The summed E-state index contributed by atoms with van der Waals surface area (Å²) in [6, 6.07) is 15.0. The van der Waals surface area contributed by atoms with Gasteiger partial charge >= 0.3 is 5.97 Å². The minimum absolute atomic E-state index is 0.0671. The van der Waals surface area contributed by atoms with Crippen molar-refractivity contribution in [1.29, 1.82) is 0 Å². The third-order valence-corrected chi connectivity index (χ3v) is 6.59. The number of hydrogen-bond acceptors (Lipinski definition) is 7. The Morgan fingerprint density at radius 2 is 1.83 bits per heavy atom. The summed E-state index contributed by atoms with van der Waals surface area (Å²) < 4.78 is 12.1. The molecule has 0 aliphatic carbocycles. The van der Waals surface area contributed by atoms with Crippen LogP contribution in [0.1, 0.15) is 26.4 Å². The molecule has 2 aromatic heterocycles. The maximum atomic E-state index is 13.1. The molecule has 2 heterocycles.